The molecule has 1 amide bonds. The van der Waals surface area contributed by atoms with Gasteiger partial charge in [-0.15, -0.1) is 0 Å². The largest absolute Gasteiger partial charge is 0.497 e. The van der Waals surface area contributed by atoms with Crippen molar-refractivity contribution in [3.63, 3.8) is 0 Å². The van der Waals surface area contributed by atoms with Crippen LogP contribution in [0, 0.1) is 11.8 Å². The Hall–Kier alpha value is -3.99. The number of nitrogens with zero attached hydrogens (tertiary/aromatic N) is 4. The maximum absolute atomic E-state index is 12.0. The molecule has 8 nitrogen and oxygen atoms in total. The van der Waals surface area contributed by atoms with E-state index in [-0.39, 0.29) is 11.8 Å². The van der Waals surface area contributed by atoms with E-state index >= 15 is 0 Å². The predicted octanol–water partition coefficient (Wildman–Crippen LogP) is 2.23. The first-order valence-electron chi connectivity index (χ1n) is 9.83. The fraction of sp³-hybridized carbons (Fsp3) is 0.261. The van der Waals surface area contributed by atoms with E-state index in [4.69, 9.17) is 20.2 Å². The van der Waals surface area contributed by atoms with E-state index in [2.05, 4.69) is 16.8 Å². The zero-order valence-electron chi connectivity index (χ0n) is 17.6. The van der Waals surface area contributed by atoms with Crippen LogP contribution >= 0.6 is 0 Å². The molecule has 3 heterocycles. The number of carbonyl (C=O) groups is 1. The van der Waals surface area contributed by atoms with E-state index in [1.54, 1.807) is 43.5 Å². The van der Waals surface area contributed by atoms with Gasteiger partial charge in [-0.05, 0) is 31.1 Å². The zero-order chi connectivity index (χ0) is 22.0. The standard InChI is InChI=1S/C23H23N5O3/c1-4-5-20(29)27-13-16(14-27)23-26-19(21-22(24)25-8-9-28(21)23)7-6-15-10-17(30-2)12-18(11-15)31-3/h4-5,8-12,16H,13-14H2,1-3H3,(H2,24,25)/b5-4+. The van der Waals surface area contributed by atoms with Gasteiger partial charge >= 0.3 is 0 Å². The number of benzene rings is 1. The third kappa shape index (κ3) is 3.90. The molecule has 8 heteroatoms. The van der Waals surface area contributed by atoms with Gasteiger partial charge in [-0.3, -0.25) is 9.20 Å². The van der Waals surface area contributed by atoms with Gasteiger partial charge in [0.25, 0.3) is 0 Å². The van der Waals surface area contributed by atoms with E-state index in [1.165, 1.54) is 0 Å². The Morgan fingerprint density at radius 1 is 1.19 bits per heavy atom. The van der Waals surface area contributed by atoms with Gasteiger partial charge in [-0.2, -0.15) is 0 Å². The molecular weight excluding hydrogens is 394 g/mol. The number of methoxy groups -OCH3 is 2. The summed E-state index contributed by atoms with van der Waals surface area (Å²) >= 11 is 0. The molecule has 0 bridgehead atoms. The molecule has 0 saturated carbocycles. The number of amides is 1. The number of allylic oxidation sites excluding steroid dienone is 1. The Morgan fingerprint density at radius 2 is 1.90 bits per heavy atom. The Morgan fingerprint density at radius 3 is 2.55 bits per heavy atom. The Balaban J connectivity index is 1.70. The van der Waals surface area contributed by atoms with Gasteiger partial charge in [0.2, 0.25) is 5.91 Å². The average molecular weight is 417 g/mol. The lowest BCUT2D eigenvalue weighted by Crippen LogP contribution is -2.48. The number of ether oxygens (including phenoxy) is 2. The van der Waals surface area contributed by atoms with Crippen molar-refractivity contribution in [1.29, 1.82) is 0 Å². The molecule has 0 aliphatic carbocycles. The highest BCUT2D eigenvalue weighted by molar-refractivity contribution is 5.88. The van der Waals surface area contributed by atoms with Crippen molar-refractivity contribution < 1.29 is 14.3 Å². The first-order valence-corrected chi connectivity index (χ1v) is 9.83. The summed E-state index contributed by atoms with van der Waals surface area (Å²) < 4.78 is 12.5. The SMILES string of the molecule is C/C=C/C(=O)N1CC(c2nc(C#Cc3cc(OC)cc(OC)c3)c3c(N)nccn23)C1. The van der Waals surface area contributed by atoms with Crippen molar-refractivity contribution in [3.8, 4) is 23.3 Å². The normalized spacial score (nSPS) is 13.7. The number of nitrogens with two attached hydrogens (primary N) is 1. The summed E-state index contributed by atoms with van der Waals surface area (Å²) in [4.78, 5) is 22.8. The van der Waals surface area contributed by atoms with Gasteiger partial charge in [0.15, 0.2) is 5.82 Å². The lowest BCUT2D eigenvalue weighted by molar-refractivity contribution is -0.130. The zero-order valence-corrected chi connectivity index (χ0v) is 17.6. The van der Waals surface area contributed by atoms with Crippen LogP contribution in [0.3, 0.4) is 0 Å². The highest BCUT2D eigenvalue weighted by Gasteiger charge is 2.34. The molecule has 158 valence electrons. The molecule has 2 aromatic heterocycles. The summed E-state index contributed by atoms with van der Waals surface area (Å²) in [5.74, 6) is 8.84. The number of rotatable bonds is 4. The van der Waals surface area contributed by atoms with Crippen LogP contribution in [0.25, 0.3) is 5.52 Å². The van der Waals surface area contributed by atoms with Crippen molar-refractivity contribution in [1.82, 2.24) is 19.3 Å². The van der Waals surface area contributed by atoms with Gasteiger partial charge < -0.3 is 20.1 Å². The number of aromatic nitrogens is 3. The van der Waals surface area contributed by atoms with Crippen molar-refractivity contribution in [3.05, 3.63) is 59.8 Å². The molecule has 4 rings (SSSR count). The summed E-state index contributed by atoms with van der Waals surface area (Å²) in [6.07, 6.45) is 6.78. The van der Waals surface area contributed by atoms with Crippen LogP contribution in [-0.2, 0) is 4.79 Å². The molecule has 1 aliphatic heterocycles. The number of nitrogen functional groups attached to an aromatic ring is 1. The quantitative estimate of drug-likeness (QED) is 0.517. The summed E-state index contributed by atoms with van der Waals surface area (Å²) in [5.41, 5.74) is 8.09. The Labute approximate surface area is 180 Å². The number of fused-ring (bicyclic) bond motifs is 1. The van der Waals surface area contributed by atoms with Crippen molar-refractivity contribution in [2.75, 3.05) is 33.0 Å². The minimum absolute atomic E-state index is 0.00720. The van der Waals surface area contributed by atoms with Gasteiger partial charge in [0.1, 0.15) is 28.5 Å². The molecule has 1 aliphatic rings. The van der Waals surface area contributed by atoms with E-state index in [9.17, 15) is 4.79 Å². The fourth-order valence-corrected chi connectivity index (χ4v) is 3.54. The van der Waals surface area contributed by atoms with Crippen molar-refractivity contribution in [2.45, 2.75) is 12.8 Å². The lowest BCUT2D eigenvalue weighted by atomic mass is 9.99. The number of hydrogen-bond donors (Lipinski definition) is 1. The Kier molecular flexibility index (Phi) is 5.50. The second-order valence-corrected chi connectivity index (χ2v) is 7.14. The van der Waals surface area contributed by atoms with Crippen LogP contribution in [0.2, 0.25) is 0 Å². The van der Waals surface area contributed by atoms with Gasteiger partial charge in [-0.1, -0.05) is 12.0 Å². The van der Waals surface area contributed by atoms with E-state index in [0.717, 1.165) is 11.4 Å². The second-order valence-electron chi connectivity index (χ2n) is 7.14. The first-order chi connectivity index (χ1) is 15.0. The van der Waals surface area contributed by atoms with E-state index in [1.807, 2.05) is 29.7 Å². The monoisotopic (exact) mass is 417 g/mol. The number of imidazole rings is 1. The highest BCUT2D eigenvalue weighted by atomic mass is 16.5. The van der Waals surface area contributed by atoms with Crippen LogP contribution in [0.4, 0.5) is 5.82 Å². The van der Waals surface area contributed by atoms with Crippen LogP contribution in [0.1, 0.15) is 29.9 Å². The Bertz CT molecular complexity index is 1210. The molecule has 1 saturated heterocycles. The molecule has 31 heavy (non-hydrogen) atoms. The van der Waals surface area contributed by atoms with Crippen LogP contribution < -0.4 is 15.2 Å². The maximum Gasteiger partial charge on any atom is 0.246 e. The summed E-state index contributed by atoms with van der Waals surface area (Å²) in [5, 5.41) is 0. The molecule has 2 N–H and O–H groups in total. The molecule has 0 atom stereocenters. The molecule has 1 aromatic carbocycles. The topological polar surface area (TPSA) is 95.0 Å². The first kappa shape index (κ1) is 20.3. The van der Waals surface area contributed by atoms with Crippen molar-refractivity contribution >= 4 is 17.2 Å². The molecular formula is C23H23N5O3. The van der Waals surface area contributed by atoms with E-state index in [0.29, 0.717) is 41.6 Å². The minimum Gasteiger partial charge on any atom is -0.497 e. The third-order valence-electron chi connectivity index (χ3n) is 5.15. The third-order valence-corrected chi connectivity index (χ3v) is 5.15. The molecule has 1 fully saturated rings. The van der Waals surface area contributed by atoms with Crippen LogP contribution in [0.15, 0.2) is 42.7 Å². The summed E-state index contributed by atoms with van der Waals surface area (Å²) in [6, 6.07) is 5.44. The molecule has 0 radical (unpaired) electrons. The number of carbonyl (C=O) groups excluding carboxylic acids is 1. The maximum atomic E-state index is 12.0. The molecule has 3 aromatic rings. The van der Waals surface area contributed by atoms with Crippen molar-refractivity contribution in [2.24, 2.45) is 0 Å². The summed E-state index contributed by atoms with van der Waals surface area (Å²) in [6.45, 7) is 3.03. The summed E-state index contributed by atoms with van der Waals surface area (Å²) in [7, 11) is 3.19. The van der Waals surface area contributed by atoms with Crippen LogP contribution in [-0.4, -0.2) is 52.5 Å². The smallest absolute Gasteiger partial charge is 0.246 e. The average Bonchev–Trinajstić information content (AvgIpc) is 3.10. The van der Waals surface area contributed by atoms with Crippen LogP contribution in [0.5, 0.6) is 11.5 Å². The highest BCUT2D eigenvalue weighted by Crippen LogP contribution is 2.29. The van der Waals surface area contributed by atoms with E-state index < -0.39 is 0 Å². The predicted molar refractivity (Wildman–Crippen MR) is 117 cm³/mol. The minimum atomic E-state index is 0.00720. The van der Waals surface area contributed by atoms with Gasteiger partial charge in [0, 0.05) is 37.1 Å². The lowest BCUT2D eigenvalue weighted by Gasteiger charge is -2.37. The van der Waals surface area contributed by atoms with Gasteiger partial charge in [-0.25, -0.2) is 9.97 Å². The number of hydrogen-bond acceptors (Lipinski definition) is 6. The molecule has 0 unspecified atom stereocenters. The molecule has 0 spiro atoms. The number of anilines is 1. The van der Waals surface area contributed by atoms with Gasteiger partial charge in [0.05, 0.1) is 20.1 Å². The fourth-order valence-electron chi connectivity index (χ4n) is 3.54. The number of likely N-dealkylation sites (tertiary alicyclic amines) is 1. The second kappa shape index (κ2) is 8.40.